The molecule has 1 aromatic heterocycles. The summed E-state index contributed by atoms with van der Waals surface area (Å²) in [5, 5.41) is 0.805. The maximum Gasteiger partial charge on any atom is 0.349 e. The summed E-state index contributed by atoms with van der Waals surface area (Å²) in [5.74, 6) is 0.265. The highest BCUT2D eigenvalue weighted by molar-refractivity contribution is 5.95. The van der Waals surface area contributed by atoms with Gasteiger partial charge in [-0.1, -0.05) is 13.8 Å². The maximum absolute atomic E-state index is 12.3. The lowest BCUT2D eigenvalue weighted by atomic mass is 10.1. The molecule has 0 bridgehead atoms. The molecule has 29 heavy (non-hydrogen) atoms. The molecule has 3 aromatic rings. The smallest absolute Gasteiger partial charge is 0.349 e. The van der Waals surface area contributed by atoms with Crippen LogP contribution in [0.3, 0.4) is 0 Å². The summed E-state index contributed by atoms with van der Waals surface area (Å²) in [6, 6.07) is 11.5. The van der Waals surface area contributed by atoms with Gasteiger partial charge in [0.15, 0.2) is 12.4 Å². The Hall–Kier alpha value is -3.41. The van der Waals surface area contributed by atoms with E-state index in [1.165, 1.54) is 6.07 Å². The Balaban J connectivity index is 1.72. The van der Waals surface area contributed by atoms with E-state index in [0.29, 0.717) is 35.5 Å². The first-order valence-electron chi connectivity index (χ1n) is 9.45. The zero-order valence-electron chi connectivity index (χ0n) is 16.6. The van der Waals surface area contributed by atoms with Gasteiger partial charge in [-0.05, 0) is 54.8 Å². The van der Waals surface area contributed by atoms with Gasteiger partial charge in [-0.3, -0.25) is 4.79 Å². The molecule has 0 atom stereocenters. The van der Waals surface area contributed by atoms with Crippen LogP contribution in [0.5, 0.6) is 11.5 Å². The Morgan fingerprint density at radius 1 is 1.03 bits per heavy atom. The Labute approximate surface area is 168 Å². The van der Waals surface area contributed by atoms with E-state index in [0.717, 1.165) is 16.5 Å². The third kappa shape index (κ3) is 4.71. The second-order valence-corrected chi connectivity index (χ2v) is 6.62. The summed E-state index contributed by atoms with van der Waals surface area (Å²) in [6.45, 7) is 5.28. The van der Waals surface area contributed by atoms with Crippen LogP contribution in [0.2, 0.25) is 0 Å². The molecule has 1 heterocycles. The fraction of sp³-hybridized carbons (Fsp3) is 0.261. The first kappa shape index (κ1) is 20.3. The molecule has 0 unspecified atom stereocenters. The summed E-state index contributed by atoms with van der Waals surface area (Å²) in [7, 11) is 0. The molecule has 0 saturated carbocycles. The SMILES string of the molecule is CCC(=O)c1ccc(OCC(=O)Oc2cc3oc(=O)cc(C)c3cc2CC)cc1. The number of aryl methyl sites for hydroxylation is 2. The quantitative estimate of drug-likeness (QED) is 0.258. The van der Waals surface area contributed by atoms with Crippen molar-refractivity contribution in [2.24, 2.45) is 0 Å². The fourth-order valence-corrected chi connectivity index (χ4v) is 3.00. The van der Waals surface area contributed by atoms with Crippen LogP contribution in [0.4, 0.5) is 0 Å². The van der Waals surface area contributed by atoms with Crippen molar-refractivity contribution >= 4 is 22.7 Å². The number of ketones is 1. The summed E-state index contributed by atoms with van der Waals surface area (Å²) in [6.07, 6.45) is 1.07. The van der Waals surface area contributed by atoms with Crippen LogP contribution >= 0.6 is 0 Å². The van der Waals surface area contributed by atoms with Gasteiger partial charge in [-0.2, -0.15) is 0 Å². The molecule has 6 nitrogen and oxygen atoms in total. The third-order valence-electron chi connectivity index (χ3n) is 4.59. The molecule has 0 spiro atoms. The van der Waals surface area contributed by atoms with Crippen molar-refractivity contribution in [3.63, 3.8) is 0 Å². The van der Waals surface area contributed by atoms with Gasteiger partial charge in [0.25, 0.3) is 0 Å². The molecule has 0 N–H and O–H groups in total. The highest BCUT2D eigenvalue weighted by Gasteiger charge is 2.14. The van der Waals surface area contributed by atoms with E-state index in [1.54, 1.807) is 37.3 Å². The predicted octanol–water partition coefficient (Wildman–Crippen LogP) is 4.24. The minimum atomic E-state index is -0.581. The Bertz CT molecular complexity index is 1110. The molecule has 0 amide bonds. The lowest BCUT2D eigenvalue weighted by molar-refractivity contribution is -0.136. The van der Waals surface area contributed by atoms with Gasteiger partial charge in [-0.15, -0.1) is 0 Å². The van der Waals surface area contributed by atoms with Crippen LogP contribution < -0.4 is 15.1 Å². The van der Waals surface area contributed by atoms with Gasteiger partial charge in [-0.25, -0.2) is 9.59 Å². The number of fused-ring (bicyclic) bond motifs is 1. The molecule has 0 fully saturated rings. The second kappa shape index (κ2) is 8.73. The normalized spacial score (nSPS) is 10.7. The van der Waals surface area contributed by atoms with Gasteiger partial charge >= 0.3 is 11.6 Å². The number of carbonyl (C=O) groups excluding carboxylic acids is 2. The zero-order chi connectivity index (χ0) is 21.0. The Morgan fingerprint density at radius 2 is 1.76 bits per heavy atom. The van der Waals surface area contributed by atoms with Crippen molar-refractivity contribution in [3.8, 4) is 11.5 Å². The summed E-state index contributed by atoms with van der Waals surface area (Å²) in [4.78, 5) is 35.5. The standard InChI is InChI=1S/C23H22O6/c1-4-15-11-18-14(3)10-22(25)29-21(18)12-20(15)28-23(26)13-27-17-8-6-16(7-9-17)19(24)5-2/h6-12H,4-5,13H2,1-3H3. The molecule has 6 heteroatoms. The molecular formula is C23H22O6. The topological polar surface area (TPSA) is 82.8 Å². The second-order valence-electron chi connectivity index (χ2n) is 6.62. The van der Waals surface area contributed by atoms with Crippen molar-refractivity contribution in [3.05, 3.63) is 69.6 Å². The van der Waals surface area contributed by atoms with Crippen LogP contribution in [0.15, 0.2) is 51.7 Å². The van der Waals surface area contributed by atoms with E-state index in [9.17, 15) is 14.4 Å². The average Bonchev–Trinajstić information content (AvgIpc) is 2.71. The average molecular weight is 394 g/mol. The van der Waals surface area contributed by atoms with Crippen LogP contribution in [-0.4, -0.2) is 18.4 Å². The molecule has 150 valence electrons. The van der Waals surface area contributed by atoms with E-state index in [2.05, 4.69) is 0 Å². The van der Waals surface area contributed by atoms with Crippen LogP contribution in [0, 0.1) is 6.92 Å². The van der Waals surface area contributed by atoms with Gasteiger partial charge in [0.05, 0.1) is 0 Å². The lowest BCUT2D eigenvalue weighted by Crippen LogP contribution is -2.18. The van der Waals surface area contributed by atoms with E-state index in [1.807, 2.05) is 19.9 Å². The molecular weight excluding hydrogens is 372 g/mol. The van der Waals surface area contributed by atoms with Gasteiger partial charge < -0.3 is 13.9 Å². The maximum atomic E-state index is 12.3. The molecule has 0 aliphatic carbocycles. The number of Topliss-reactive ketones (excluding diaryl/α,β-unsaturated/α-hetero) is 1. The van der Waals surface area contributed by atoms with Gasteiger partial charge in [0, 0.05) is 29.5 Å². The fourth-order valence-electron chi connectivity index (χ4n) is 3.00. The number of ether oxygens (including phenoxy) is 2. The van der Waals surface area contributed by atoms with Crippen molar-refractivity contribution in [1.82, 2.24) is 0 Å². The first-order valence-corrected chi connectivity index (χ1v) is 9.45. The molecule has 3 rings (SSSR count). The van der Waals surface area contributed by atoms with Crippen LogP contribution in [0.25, 0.3) is 11.0 Å². The zero-order valence-corrected chi connectivity index (χ0v) is 16.6. The number of esters is 1. The molecule has 0 radical (unpaired) electrons. The predicted molar refractivity (Wildman–Crippen MR) is 109 cm³/mol. The minimum Gasteiger partial charge on any atom is -0.482 e. The van der Waals surface area contributed by atoms with Gasteiger partial charge in [0.2, 0.25) is 0 Å². The first-order chi connectivity index (χ1) is 13.9. The molecule has 0 saturated heterocycles. The number of carbonyl (C=O) groups is 2. The monoisotopic (exact) mass is 394 g/mol. The van der Waals surface area contributed by atoms with Gasteiger partial charge in [0.1, 0.15) is 17.1 Å². The van der Waals surface area contributed by atoms with E-state index in [4.69, 9.17) is 13.9 Å². The largest absolute Gasteiger partial charge is 0.482 e. The Kier molecular flexibility index (Phi) is 6.12. The van der Waals surface area contributed by atoms with E-state index in [-0.39, 0.29) is 12.4 Å². The Morgan fingerprint density at radius 3 is 2.41 bits per heavy atom. The molecule has 0 aliphatic heterocycles. The van der Waals surface area contributed by atoms with Crippen molar-refractivity contribution < 1.29 is 23.5 Å². The number of rotatable bonds is 7. The highest BCUT2D eigenvalue weighted by atomic mass is 16.6. The van der Waals surface area contributed by atoms with Crippen molar-refractivity contribution in [2.75, 3.05) is 6.61 Å². The summed E-state index contributed by atoms with van der Waals surface area (Å²) < 4.78 is 16.1. The molecule has 2 aromatic carbocycles. The number of hydrogen-bond acceptors (Lipinski definition) is 6. The highest BCUT2D eigenvalue weighted by Crippen LogP contribution is 2.28. The van der Waals surface area contributed by atoms with Crippen LogP contribution in [-0.2, 0) is 11.2 Å². The molecule has 0 aliphatic rings. The van der Waals surface area contributed by atoms with E-state index >= 15 is 0 Å². The summed E-state index contributed by atoms with van der Waals surface area (Å²) >= 11 is 0. The number of benzene rings is 2. The number of hydrogen-bond donors (Lipinski definition) is 0. The van der Waals surface area contributed by atoms with Crippen LogP contribution in [0.1, 0.15) is 41.8 Å². The lowest BCUT2D eigenvalue weighted by Gasteiger charge is -2.12. The van der Waals surface area contributed by atoms with E-state index < -0.39 is 11.6 Å². The van der Waals surface area contributed by atoms with Crippen molar-refractivity contribution in [2.45, 2.75) is 33.6 Å². The van der Waals surface area contributed by atoms with Crippen molar-refractivity contribution in [1.29, 1.82) is 0 Å². The summed E-state index contributed by atoms with van der Waals surface area (Å²) in [5.41, 5.74) is 2.14. The third-order valence-corrected chi connectivity index (χ3v) is 4.59. The minimum absolute atomic E-state index is 0.0428.